The fraction of sp³-hybridized carbons (Fsp3) is 0.455. The standard InChI is InChI=1S/C11H17N3O5/c1-11(2,3)14-8(16)6-12-10(19)13-7(15)4-5-9(17)18/h4-5H,6H2,1-3H3,(H,14,16)(H,17,18)(H2,12,13,15,19)/b5-4+. The Balaban J connectivity index is 4.03. The lowest BCUT2D eigenvalue weighted by molar-refractivity contribution is -0.131. The molecular weight excluding hydrogens is 254 g/mol. The summed E-state index contributed by atoms with van der Waals surface area (Å²) in [5.41, 5.74) is -0.421. The highest BCUT2D eigenvalue weighted by Gasteiger charge is 2.14. The molecule has 0 radical (unpaired) electrons. The Morgan fingerprint density at radius 2 is 1.68 bits per heavy atom. The number of carboxylic acids is 1. The molecule has 0 aromatic carbocycles. The molecule has 0 saturated carbocycles. The van der Waals surface area contributed by atoms with Gasteiger partial charge >= 0.3 is 12.0 Å². The molecule has 8 nitrogen and oxygen atoms in total. The lowest BCUT2D eigenvalue weighted by Gasteiger charge is -2.20. The molecule has 0 aromatic heterocycles. The summed E-state index contributed by atoms with van der Waals surface area (Å²) in [6, 6.07) is -0.885. The van der Waals surface area contributed by atoms with E-state index in [1.165, 1.54) is 0 Å². The van der Waals surface area contributed by atoms with Crippen molar-refractivity contribution in [1.29, 1.82) is 0 Å². The van der Waals surface area contributed by atoms with Crippen LogP contribution in [0.5, 0.6) is 0 Å². The SMILES string of the molecule is CC(C)(C)NC(=O)CNC(=O)NC(=O)/C=C/C(=O)O. The Bertz CT molecular complexity index is 409. The highest BCUT2D eigenvalue weighted by atomic mass is 16.4. The van der Waals surface area contributed by atoms with Gasteiger partial charge in [0.15, 0.2) is 0 Å². The smallest absolute Gasteiger partial charge is 0.328 e. The van der Waals surface area contributed by atoms with E-state index in [1.54, 1.807) is 20.8 Å². The van der Waals surface area contributed by atoms with Gasteiger partial charge in [-0.1, -0.05) is 0 Å². The Labute approximate surface area is 110 Å². The van der Waals surface area contributed by atoms with E-state index in [4.69, 9.17) is 5.11 Å². The first-order valence-electron chi connectivity index (χ1n) is 5.41. The summed E-state index contributed by atoms with van der Waals surface area (Å²) in [5.74, 6) is -2.60. The number of hydrogen-bond donors (Lipinski definition) is 4. The number of carbonyl (C=O) groups is 4. The molecule has 0 fully saturated rings. The van der Waals surface area contributed by atoms with Gasteiger partial charge in [0, 0.05) is 17.7 Å². The number of amides is 4. The van der Waals surface area contributed by atoms with E-state index in [0.29, 0.717) is 12.2 Å². The second-order valence-corrected chi connectivity index (χ2v) is 4.64. The van der Waals surface area contributed by atoms with Crippen LogP contribution >= 0.6 is 0 Å². The molecule has 0 aliphatic heterocycles. The Hall–Kier alpha value is -2.38. The summed E-state index contributed by atoms with van der Waals surface area (Å²) in [7, 11) is 0. The minimum Gasteiger partial charge on any atom is -0.478 e. The van der Waals surface area contributed by atoms with Crippen LogP contribution in [-0.4, -0.2) is 41.0 Å². The van der Waals surface area contributed by atoms with Gasteiger partial charge < -0.3 is 15.7 Å². The monoisotopic (exact) mass is 271 g/mol. The molecule has 0 spiro atoms. The van der Waals surface area contributed by atoms with Crippen LogP contribution in [0.3, 0.4) is 0 Å². The summed E-state index contributed by atoms with van der Waals surface area (Å²) in [5, 5.41) is 14.9. The van der Waals surface area contributed by atoms with Crippen LogP contribution in [0.1, 0.15) is 20.8 Å². The fourth-order valence-electron chi connectivity index (χ4n) is 0.968. The molecule has 0 saturated heterocycles. The second kappa shape index (κ2) is 7.14. The topological polar surface area (TPSA) is 125 Å². The third-order valence-corrected chi connectivity index (χ3v) is 1.54. The number of rotatable bonds is 4. The van der Waals surface area contributed by atoms with Gasteiger partial charge in [-0.3, -0.25) is 14.9 Å². The first kappa shape index (κ1) is 16.6. The molecule has 0 aliphatic carbocycles. The number of urea groups is 1. The van der Waals surface area contributed by atoms with Gasteiger partial charge in [-0.05, 0) is 20.8 Å². The van der Waals surface area contributed by atoms with Crippen LogP contribution in [0.25, 0.3) is 0 Å². The molecule has 0 rings (SSSR count). The number of aliphatic carboxylic acids is 1. The largest absolute Gasteiger partial charge is 0.478 e. The average molecular weight is 271 g/mol. The van der Waals surface area contributed by atoms with Crippen molar-refractivity contribution in [3.8, 4) is 0 Å². The average Bonchev–Trinajstić information content (AvgIpc) is 2.21. The van der Waals surface area contributed by atoms with E-state index < -0.39 is 29.4 Å². The molecule has 0 bridgehead atoms. The Morgan fingerprint density at radius 1 is 1.11 bits per heavy atom. The van der Waals surface area contributed by atoms with Crippen LogP contribution in [0.2, 0.25) is 0 Å². The van der Waals surface area contributed by atoms with Crippen molar-refractivity contribution >= 4 is 23.8 Å². The fourth-order valence-corrected chi connectivity index (χ4v) is 0.968. The molecule has 4 N–H and O–H groups in total. The van der Waals surface area contributed by atoms with E-state index >= 15 is 0 Å². The molecule has 19 heavy (non-hydrogen) atoms. The molecule has 106 valence electrons. The van der Waals surface area contributed by atoms with Crippen molar-refractivity contribution in [2.75, 3.05) is 6.54 Å². The first-order chi connectivity index (χ1) is 8.60. The normalized spacial score (nSPS) is 10.9. The minimum absolute atomic E-state index is 0.293. The van der Waals surface area contributed by atoms with Gasteiger partial charge in [0.1, 0.15) is 0 Å². The maximum atomic E-state index is 11.3. The molecule has 8 heteroatoms. The van der Waals surface area contributed by atoms with Gasteiger partial charge in [0.25, 0.3) is 5.91 Å². The lowest BCUT2D eigenvalue weighted by atomic mass is 10.1. The first-order valence-corrected chi connectivity index (χ1v) is 5.41. The van der Waals surface area contributed by atoms with E-state index in [0.717, 1.165) is 0 Å². The van der Waals surface area contributed by atoms with Crippen molar-refractivity contribution in [3.05, 3.63) is 12.2 Å². The van der Waals surface area contributed by atoms with Crippen molar-refractivity contribution in [2.45, 2.75) is 26.3 Å². The number of nitrogens with one attached hydrogen (secondary N) is 3. The molecule has 0 unspecified atom stereocenters. The van der Waals surface area contributed by atoms with Crippen molar-refractivity contribution in [1.82, 2.24) is 16.0 Å². The third-order valence-electron chi connectivity index (χ3n) is 1.54. The second-order valence-electron chi connectivity index (χ2n) is 4.64. The number of imide groups is 1. The zero-order chi connectivity index (χ0) is 15.1. The number of hydrogen-bond acceptors (Lipinski definition) is 4. The van der Waals surface area contributed by atoms with Gasteiger partial charge in [-0.25, -0.2) is 9.59 Å². The van der Waals surface area contributed by atoms with Crippen molar-refractivity contribution < 1.29 is 24.3 Å². The summed E-state index contributed by atoms with van der Waals surface area (Å²) < 4.78 is 0. The highest BCUT2D eigenvalue weighted by Crippen LogP contribution is 1.96. The molecular formula is C11H17N3O5. The maximum Gasteiger partial charge on any atom is 0.328 e. The minimum atomic E-state index is -1.31. The Kier molecular flexibility index (Phi) is 6.25. The summed E-state index contributed by atoms with van der Waals surface area (Å²) >= 11 is 0. The van der Waals surface area contributed by atoms with Crippen molar-refractivity contribution in [2.24, 2.45) is 0 Å². The number of carboxylic acid groups (broad SMARTS) is 1. The van der Waals surface area contributed by atoms with Crippen LogP contribution in [-0.2, 0) is 14.4 Å². The van der Waals surface area contributed by atoms with Crippen LogP contribution in [0.4, 0.5) is 4.79 Å². The van der Waals surface area contributed by atoms with Crippen LogP contribution in [0.15, 0.2) is 12.2 Å². The predicted molar refractivity (Wildman–Crippen MR) is 66.2 cm³/mol. The maximum absolute atomic E-state index is 11.3. The van der Waals surface area contributed by atoms with E-state index in [1.807, 2.05) is 5.32 Å². The van der Waals surface area contributed by atoms with Crippen LogP contribution in [0, 0.1) is 0 Å². The van der Waals surface area contributed by atoms with Crippen molar-refractivity contribution in [3.63, 3.8) is 0 Å². The van der Waals surface area contributed by atoms with Gasteiger partial charge in [-0.2, -0.15) is 0 Å². The molecule has 0 aromatic rings. The van der Waals surface area contributed by atoms with E-state index in [2.05, 4.69) is 10.6 Å². The van der Waals surface area contributed by atoms with Gasteiger partial charge in [0.05, 0.1) is 6.54 Å². The van der Waals surface area contributed by atoms with Gasteiger partial charge in [-0.15, -0.1) is 0 Å². The van der Waals surface area contributed by atoms with Crippen LogP contribution < -0.4 is 16.0 Å². The predicted octanol–water partition coefficient (Wildman–Crippen LogP) is -0.632. The molecule has 0 aliphatic rings. The summed E-state index contributed by atoms with van der Waals surface area (Å²) in [4.78, 5) is 43.6. The summed E-state index contributed by atoms with van der Waals surface area (Å²) in [6.07, 6.45) is 1.28. The quantitative estimate of drug-likeness (QED) is 0.506. The molecule has 0 heterocycles. The summed E-state index contributed by atoms with van der Waals surface area (Å²) in [6.45, 7) is 5.06. The molecule has 4 amide bonds. The zero-order valence-electron chi connectivity index (χ0n) is 10.9. The molecule has 0 atom stereocenters. The zero-order valence-corrected chi connectivity index (χ0v) is 10.9. The third kappa shape index (κ3) is 10.5. The Morgan fingerprint density at radius 3 is 2.16 bits per heavy atom. The number of carbonyl (C=O) groups excluding carboxylic acids is 3. The van der Waals surface area contributed by atoms with E-state index in [-0.39, 0.29) is 6.54 Å². The van der Waals surface area contributed by atoms with Gasteiger partial charge in [0.2, 0.25) is 5.91 Å². The highest BCUT2D eigenvalue weighted by molar-refractivity contribution is 6.03. The lowest BCUT2D eigenvalue weighted by Crippen LogP contribution is -2.48. The van der Waals surface area contributed by atoms with E-state index in [9.17, 15) is 19.2 Å².